The highest BCUT2D eigenvalue weighted by molar-refractivity contribution is 5.85. The van der Waals surface area contributed by atoms with Crippen molar-refractivity contribution in [2.24, 2.45) is 0 Å². The fourth-order valence-electron chi connectivity index (χ4n) is 3.02. The number of hydrogen-bond acceptors (Lipinski definition) is 3. The SMILES string of the molecule is CCN(CC)CC(O)COc1ccc(C(C)(C)CC)cc1C(C)(C)CC.Cl. The molecule has 0 amide bonds. The first kappa shape index (κ1) is 26.2. The summed E-state index contributed by atoms with van der Waals surface area (Å²) in [5.74, 6) is 0.908. The van der Waals surface area contributed by atoms with Gasteiger partial charge in [0.2, 0.25) is 0 Å². The Morgan fingerprint density at radius 1 is 0.963 bits per heavy atom. The maximum atomic E-state index is 10.3. The second-order valence-electron chi connectivity index (χ2n) is 8.64. The van der Waals surface area contributed by atoms with Crippen LogP contribution in [0.25, 0.3) is 0 Å². The zero-order valence-corrected chi connectivity index (χ0v) is 19.6. The fourth-order valence-corrected chi connectivity index (χ4v) is 3.02. The number of ether oxygens (including phenoxy) is 1. The third-order valence-electron chi connectivity index (χ3n) is 6.05. The number of nitrogens with zero attached hydrogens (tertiary/aromatic N) is 1. The maximum Gasteiger partial charge on any atom is 0.123 e. The second kappa shape index (κ2) is 11.3. The first-order valence-electron chi connectivity index (χ1n) is 10.3. The molecule has 0 fully saturated rings. The van der Waals surface area contributed by atoms with Crippen LogP contribution in [0.4, 0.5) is 0 Å². The Balaban J connectivity index is 0.00000676. The molecule has 1 rings (SSSR count). The van der Waals surface area contributed by atoms with Crippen molar-refractivity contribution in [3.8, 4) is 5.75 Å². The van der Waals surface area contributed by atoms with Gasteiger partial charge in [-0.25, -0.2) is 0 Å². The van der Waals surface area contributed by atoms with E-state index in [4.69, 9.17) is 4.74 Å². The van der Waals surface area contributed by atoms with E-state index in [1.807, 2.05) is 0 Å². The summed E-state index contributed by atoms with van der Waals surface area (Å²) in [6, 6.07) is 6.60. The summed E-state index contributed by atoms with van der Waals surface area (Å²) in [6.07, 6.45) is 1.67. The second-order valence-corrected chi connectivity index (χ2v) is 8.64. The summed E-state index contributed by atoms with van der Waals surface area (Å²) < 4.78 is 6.10. The highest BCUT2D eigenvalue weighted by Crippen LogP contribution is 2.38. The molecule has 0 heterocycles. The van der Waals surface area contributed by atoms with Crippen molar-refractivity contribution in [2.75, 3.05) is 26.2 Å². The number of halogens is 1. The average Bonchev–Trinajstić information content (AvgIpc) is 2.64. The fraction of sp³-hybridized carbons (Fsp3) is 0.739. The van der Waals surface area contributed by atoms with E-state index < -0.39 is 6.10 Å². The van der Waals surface area contributed by atoms with Crippen LogP contribution in [-0.2, 0) is 10.8 Å². The molecule has 0 aliphatic heterocycles. The van der Waals surface area contributed by atoms with Crippen LogP contribution >= 0.6 is 12.4 Å². The lowest BCUT2D eigenvalue weighted by molar-refractivity contribution is 0.0708. The molecular weight excluding hydrogens is 358 g/mol. The third-order valence-corrected chi connectivity index (χ3v) is 6.05. The highest BCUT2D eigenvalue weighted by atomic mass is 35.5. The Kier molecular flexibility index (Phi) is 11.0. The number of likely N-dealkylation sites (N-methyl/N-ethyl adjacent to an activating group) is 1. The minimum absolute atomic E-state index is 0. The number of aliphatic hydroxyl groups is 1. The molecule has 0 radical (unpaired) electrons. The molecule has 27 heavy (non-hydrogen) atoms. The van der Waals surface area contributed by atoms with Crippen LogP contribution in [0.2, 0.25) is 0 Å². The van der Waals surface area contributed by atoms with E-state index in [2.05, 4.69) is 78.5 Å². The Morgan fingerprint density at radius 3 is 2.00 bits per heavy atom. The zero-order valence-electron chi connectivity index (χ0n) is 18.8. The van der Waals surface area contributed by atoms with E-state index in [-0.39, 0.29) is 23.2 Å². The van der Waals surface area contributed by atoms with Gasteiger partial charge in [0, 0.05) is 12.1 Å². The maximum absolute atomic E-state index is 10.3. The van der Waals surface area contributed by atoms with Gasteiger partial charge in [-0.15, -0.1) is 12.4 Å². The van der Waals surface area contributed by atoms with E-state index in [0.717, 1.165) is 31.7 Å². The molecule has 0 saturated carbocycles. The van der Waals surface area contributed by atoms with Gasteiger partial charge in [0.25, 0.3) is 0 Å². The minimum atomic E-state index is -0.473. The van der Waals surface area contributed by atoms with Crippen molar-refractivity contribution >= 4 is 12.4 Å². The largest absolute Gasteiger partial charge is 0.491 e. The third kappa shape index (κ3) is 7.29. The summed E-state index contributed by atoms with van der Waals surface area (Å²) in [6.45, 7) is 20.7. The summed E-state index contributed by atoms with van der Waals surface area (Å²) in [5, 5.41) is 10.3. The van der Waals surface area contributed by atoms with Crippen molar-refractivity contribution in [3.05, 3.63) is 29.3 Å². The van der Waals surface area contributed by atoms with Crippen LogP contribution in [0.5, 0.6) is 5.75 Å². The first-order chi connectivity index (χ1) is 12.1. The van der Waals surface area contributed by atoms with Crippen LogP contribution < -0.4 is 4.74 Å². The quantitative estimate of drug-likeness (QED) is 0.528. The molecule has 0 saturated heterocycles. The van der Waals surface area contributed by atoms with Gasteiger partial charge in [-0.1, -0.05) is 67.5 Å². The molecule has 4 heteroatoms. The van der Waals surface area contributed by atoms with E-state index >= 15 is 0 Å². The van der Waals surface area contributed by atoms with Crippen LogP contribution in [0, 0.1) is 0 Å². The van der Waals surface area contributed by atoms with Crippen molar-refractivity contribution in [1.29, 1.82) is 0 Å². The molecule has 1 aromatic rings. The minimum Gasteiger partial charge on any atom is -0.491 e. The lowest BCUT2D eigenvalue weighted by Gasteiger charge is -2.31. The normalized spacial score (nSPS) is 13.4. The van der Waals surface area contributed by atoms with Gasteiger partial charge in [0.05, 0.1) is 0 Å². The highest BCUT2D eigenvalue weighted by Gasteiger charge is 2.27. The topological polar surface area (TPSA) is 32.7 Å². The molecule has 1 atom stereocenters. The van der Waals surface area contributed by atoms with Crippen LogP contribution in [0.1, 0.15) is 79.4 Å². The Bertz CT molecular complexity index is 553. The Morgan fingerprint density at radius 2 is 1.52 bits per heavy atom. The van der Waals surface area contributed by atoms with Crippen LogP contribution in [-0.4, -0.2) is 42.4 Å². The Labute approximate surface area is 173 Å². The van der Waals surface area contributed by atoms with E-state index in [0.29, 0.717) is 13.2 Å². The zero-order chi connectivity index (χ0) is 20.0. The molecule has 3 nitrogen and oxygen atoms in total. The van der Waals surface area contributed by atoms with Gasteiger partial charge in [0.15, 0.2) is 0 Å². The molecular formula is C23H42ClNO2. The Hall–Kier alpha value is -0.770. The van der Waals surface area contributed by atoms with Crippen LogP contribution in [0.3, 0.4) is 0 Å². The summed E-state index contributed by atoms with van der Waals surface area (Å²) in [7, 11) is 0. The predicted octanol–water partition coefficient (Wildman–Crippen LogP) is 5.57. The van der Waals surface area contributed by atoms with Gasteiger partial charge in [-0.05, 0) is 48.4 Å². The number of hydrogen-bond donors (Lipinski definition) is 1. The standard InChI is InChI=1S/C23H41NO2.ClH/c1-9-22(5,6)18-13-14-21(20(15-18)23(7,8)10-2)26-17-19(25)16-24(11-3)12-4;/h13-15,19,25H,9-12,16-17H2,1-8H3;1H. The molecule has 158 valence electrons. The molecule has 0 aliphatic carbocycles. The van der Waals surface area contributed by atoms with Crippen molar-refractivity contribution in [1.82, 2.24) is 4.90 Å². The van der Waals surface area contributed by atoms with Crippen molar-refractivity contribution < 1.29 is 9.84 Å². The van der Waals surface area contributed by atoms with Gasteiger partial charge in [-0.2, -0.15) is 0 Å². The number of rotatable bonds is 11. The molecule has 0 spiro atoms. The number of aliphatic hydroxyl groups excluding tert-OH is 1. The molecule has 1 unspecified atom stereocenters. The molecule has 0 aliphatic rings. The molecule has 1 N–H and O–H groups in total. The predicted molar refractivity (Wildman–Crippen MR) is 120 cm³/mol. The van der Waals surface area contributed by atoms with Crippen molar-refractivity contribution in [2.45, 2.75) is 85.2 Å². The van der Waals surface area contributed by atoms with Crippen molar-refractivity contribution in [3.63, 3.8) is 0 Å². The van der Waals surface area contributed by atoms with E-state index in [1.165, 1.54) is 11.1 Å². The summed E-state index contributed by atoms with van der Waals surface area (Å²) >= 11 is 0. The molecule has 0 aromatic heterocycles. The summed E-state index contributed by atoms with van der Waals surface area (Å²) in [5.41, 5.74) is 2.79. The monoisotopic (exact) mass is 399 g/mol. The smallest absolute Gasteiger partial charge is 0.123 e. The number of benzene rings is 1. The van der Waals surface area contributed by atoms with Gasteiger partial charge >= 0.3 is 0 Å². The van der Waals surface area contributed by atoms with Gasteiger partial charge in [-0.3, -0.25) is 0 Å². The first-order valence-corrected chi connectivity index (χ1v) is 10.3. The lowest BCUT2D eigenvalue weighted by atomic mass is 9.76. The molecule has 0 bridgehead atoms. The van der Waals surface area contributed by atoms with Gasteiger partial charge in [0.1, 0.15) is 18.5 Å². The summed E-state index contributed by atoms with van der Waals surface area (Å²) in [4.78, 5) is 2.22. The van der Waals surface area contributed by atoms with Gasteiger partial charge < -0.3 is 14.7 Å². The lowest BCUT2D eigenvalue weighted by Crippen LogP contribution is -2.35. The van der Waals surface area contributed by atoms with Crippen LogP contribution in [0.15, 0.2) is 18.2 Å². The van der Waals surface area contributed by atoms with E-state index in [9.17, 15) is 5.11 Å². The average molecular weight is 400 g/mol. The molecule has 1 aromatic carbocycles. The van der Waals surface area contributed by atoms with E-state index in [1.54, 1.807) is 0 Å².